The third-order valence-corrected chi connectivity index (χ3v) is 3.95. The van der Waals surface area contributed by atoms with E-state index in [1.165, 1.54) is 29.3 Å². The molecule has 96 valence electrons. The van der Waals surface area contributed by atoms with Gasteiger partial charge in [-0.2, -0.15) is 0 Å². The van der Waals surface area contributed by atoms with Gasteiger partial charge in [0.2, 0.25) is 0 Å². The molecule has 19 heavy (non-hydrogen) atoms. The molecule has 0 aliphatic carbocycles. The molecule has 0 aromatic heterocycles. The van der Waals surface area contributed by atoms with Crippen LogP contribution < -0.4 is 0 Å². The number of amides is 1. The van der Waals surface area contributed by atoms with Crippen LogP contribution in [0.2, 0.25) is 0 Å². The number of carbonyl (C=O) groups excluding carboxylic acids is 1. The predicted octanol–water partition coefficient (Wildman–Crippen LogP) is 3.74. The Bertz CT molecular complexity index is 631. The van der Waals surface area contributed by atoms with Crippen molar-refractivity contribution in [3.8, 4) is 0 Å². The maximum atomic E-state index is 13.0. The quantitative estimate of drug-likeness (QED) is 0.784. The lowest BCUT2D eigenvalue weighted by Crippen LogP contribution is -2.25. The van der Waals surface area contributed by atoms with Crippen molar-refractivity contribution in [3.05, 3.63) is 69.4 Å². The number of hydrogen-bond donors (Lipinski definition) is 0. The zero-order valence-corrected chi connectivity index (χ0v) is 11.7. The van der Waals surface area contributed by atoms with Crippen LogP contribution in [-0.4, -0.2) is 10.8 Å². The van der Waals surface area contributed by atoms with Crippen LogP contribution in [-0.2, 0) is 13.1 Å². The maximum absolute atomic E-state index is 13.0. The molecule has 2 aromatic rings. The summed E-state index contributed by atoms with van der Waals surface area (Å²) in [6.07, 6.45) is 0. The van der Waals surface area contributed by atoms with E-state index in [0.717, 1.165) is 0 Å². The van der Waals surface area contributed by atoms with Crippen LogP contribution in [0, 0.1) is 5.82 Å². The highest BCUT2D eigenvalue weighted by Gasteiger charge is 2.25. The Hall–Kier alpha value is -1.68. The highest BCUT2D eigenvalue weighted by molar-refractivity contribution is 9.10. The lowest BCUT2D eigenvalue weighted by molar-refractivity contribution is 0.0750. The van der Waals surface area contributed by atoms with Crippen LogP contribution in [0.25, 0.3) is 0 Å². The summed E-state index contributed by atoms with van der Waals surface area (Å²) in [6, 6.07) is 12.1. The highest BCUT2D eigenvalue weighted by atomic mass is 79.9. The first-order chi connectivity index (χ1) is 9.15. The minimum absolute atomic E-state index is 0.0805. The molecule has 1 aliphatic heterocycles. The van der Waals surface area contributed by atoms with Gasteiger partial charge in [-0.05, 0) is 45.3 Å². The summed E-state index contributed by atoms with van der Waals surface area (Å²) in [5, 5.41) is 0. The summed E-state index contributed by atoms with van der Waals surface area (Å²) < 4.78 is 13.5. The van der Waals surface area contributed by atoms with Crippen molar-refractivity contribution in [1.82, 2.24) is 4.90 Å². The zero-order valence-electron chi connectivity index (χ0n) is 10.1. The molecule has 0 N–H and O–H groups in total. The van der Waals surface area contributed by atoms with Gasteiger partial charge in [0.1, 0.15) is 5.82 Å². The molecular weight excluding hydrogens is 309 g/mol. The van der Waals surface area contributed by atoms with E-state index in [1.54, 1.807) is 4.90 Å². The first kappa shape index (κ1) is 12.4. The van der Waals surface area contributed by atoms with Crippen molar-refractivity contribution >= 4 is 21.8 Å². The number of hydrogen-bond acceptors (Lipinski definition) is 1. The second kappa shape index (κ2) is 4.78. The summed E-state index contributed by atoms with van der Waals surface area (Å²) in [4.78, 5) is 14.2. The number of fused-ring (bicyclic) bond motifs is 1. The van der Waals surface area contributed by atoms with Crippen molar-refractivity contribution in [2.24, 2.45) is 0 Å². The Morgan fingerprint density at radius 3 is 2.32 bits per heavy atom. The van der Waals surface area contributed by atoms with Gasteiger partial charge in [0.15, 0.2) is 0 Å². The van der Waals surface area contributed by atoms with Crippen molar-refractivity contribution in [3.63, 3.8) is 0 Å². The zero-order chi connectivity index (χ0) is 13.4. The number of rotatable bonds is 1. The Morgan fingerprint density at radius 2 is 1.74 bits per heavy atom. The van der Waals surface area contributed by atoms with Crippen LogP contribution in [0.5, 0.6) is 0 Å². The fraction of sp³-hybridized carbons (Fsp3) is 0.133. The normalized spacial score (nSPS) is 13.5. The van der Waals surface area contributed by atoms with E-state index in [2.05, 4.69) is 15.9 Å². The SMILES string of the molecule is O=C(c1ccc(F)cc1Br)N1Cc2ccccc2C1. The van der Waals surface area contributed by atoms with Gasteiger partial charge < -0.3 is 4.90 Å². The summed E-state index contributed by atoms with van der Waals surface area (Å²) in [6.45, 7) is 1.22. The summed E-state index contributed by atoms with van der Waals surface area (Å²) in [5.74, 6) is -0.434. The molecule has 0 saturated heterocycles. The van der Waals surface area contributed by atoms with Gasteiger partial charge in [0.25, 0.3) is 5.91 Å². The van der Waals surface area contributed by atoms with Crippen LogP contribution in [0.4, 0.5) is 4.39 Å². The third kappa shape index (κ3) is 2.28. The van der Waals surface area contributed by atoms with Crippen LogP contribution in [0.15, 0.2) is 46.9 Å². The van der Waals surface area contributed by atoms with Gasteiger partial charge in [-0.25, -0.2) is 4.39 Å². The molecule has 0 atom stereocenters. The van der Waals surface area contributed by atoms with Gasteiger partial charge in [0, 0.05) is 17.6 Å². The van der Waals surface area contributed by atoms with Crippen LogP contribution in [0.3, 0.4) is 0 Å². The maximum Gasteiger partial charge on any atom is 0.255 e. The molecule has 2 aromatic carbocycles. The van der Waals surface area contributed by atoms with E-state index in [9.17, 15) is 9.18 Å². The topological polar surface area (TPSA) is 20.3 Å². The molecule has 0 fully saturated rings. The second-order valence-corrected chi connectivity index (χ2v) is 5.41. The molecular formula is C15H11BrFNO. The molecule has 0 spiro atoms. The minimum Gasteiger partial charge on any atom is -0.330 e. The van der Waals surface area contributed by atoms with E-state index < -0.39 is 0 Å². The number of halogens is 2. The van der Waals surface area contributed by atoms with Crippen LogP contribution >= 0.6 is 15.9 Å². The summed E-state index contributed by atoms with van der Waals surface area (Å²) in [7, 11) is 0. The second-order valence-electron chi connectivity index (χ2n) is 4.55. The Labute approximate surface area is 119 Å². The molecule has 1 heterocycles. The van der Waals surface area contributed by atoms with Gasteiger partial charge in [-0.15, -0.1) is 0 Å². The fourth-order valence-corrected chi connectivity index (χ4v) is 2.83. The predicted molar refractivity (Wildman–Crippen MR) is 74.1 cm³/mol. The first-order valence-electron chi connectivity index (χ1n) is 5.96. The van der Waals surface area contributed by atoms with E-state index in [0.29, 0.717) is 23.1 Å². The Morgan fingerprint density at radius 1 is 1.11 bits per heavy atom. The van der Waals surface area contributed by atoms with Gasteiger partial charge in [-0.3, -0.25) is 4.79 Å². The van der Waals surface area contributed by atoms with Crippen molar-refractivity contribution in [2.75, 3.05) is 0 Å². The molecule has 1 aliphatic rings. The van der Waals surface area contributed by atoms with Gasteiger partial charge in [-0.1, -0.05) is 24.3 Å². The average molecular weight is 320 g/mol. The Balaban J connectivity index is 1.87. The molecule has 0 bridgehead atoms. The molecule has 2 nitrogen and oxygen atoms in total. The fourth-order valence-electron chi connectivity index (χ4n) is 2.31. The smallest absolute Gasteiger partial charge is 0.255 e. The van der Waals surface area contributed by atoms with E-state index >= 15 is 0 Å². The van der Waals surface area contributed by atoms with Crippen molar-refractivity contribution in [1.29, 1.82) is 0 Å². The van der Waals surface area contributed by atoms with E-state index in [4.69, 9.17) is 0 Å². The summed E-state index contributed by atoms with van der Waals surface area (Å²) in [5.41, 5.74) is 2.84. The molecule has 3 rings (SSSR count). The van der Waals surface area contributed by atoms with Gasteiger partial charge in [0.05, 0.1) is 5.56 Å². The highest BCUT2D eigenvalue weighted by Crippen LogP contribution is 2.26. The van der Waals surface area contributed by atoms with Crippen molar-refractivity contribution in [2.45, 2.75) is 13.1 Å². The Kier molecular flexibility index (Phi) is 3.11. The van der Waals surface area contributed by atoms with E-state index in [1.807, 2.05) is 24.3 Å². The standard InChI is InChI=1S/C15H11BrFNO/c16-14-7-12(17)5-6-13(14)15(19)18-8-10-3-1-2-4-11(10)9-18/h1-7H,8-9H2. The lowest BCUT2D eigenvalue weighted by atomic mass is 10.1. The molecule has 0 unspecified atom stereocenters. The number of benzene rings is 2. The van der Waals surface area contributed by atoms with E-state index in [-0.39, 0.29) is 11.7 Å². The lowest BCUT2D eigenvalue weighted by Gasteiger charge is -2.16. The molecule has 0 saturated carbocycles. The minimum atomic E-state index is -0.354. The third-order valence-electron chi connectivity index (χ3n) is 3.29. The first-order valence-corrected chi connectivity index (χ1v) is 6.75. The van der Waals surface area contributed by atoms with Crippen LogP contribution in [0.1, 0.15) is 21.5 Å². The summed E-state index contributed by atoms with van der Waals surface area (Å²) >= 11 is 3.24. The number of nitrogens with zero attached hydrogens (tertiary/aromatic N) is 1. The number of carbonyl (C=O) groups is 1. The molecule has 1 amide bonds. The van der Waals surface area contributed by atoms with Crippen molar-refractivity contribution < 1.29 is 9.18 Å². The molecule has 0 radical (unpaired) electrons. The van der Waals surface area contributed by atoms with Gasteiger partial charge >= 0.3 is 0 Å². The monoisotopic (exact) mass is 319 g/mol. The molecule has 4 heteroatoms. The largest absolute Gasteiger partial charge is 0.330 e. The average Bonchev–Trinajstić information content (AvgIpc) is 2.81.